The molecule has 2 fully saturated rings. The fourth-order valence-corrected chi connectivity index (χ4v) is 3.60. The number of rotatable bonds is 2. The minimum absolute atomic E-state index is 0.150. The third-order valence-electron chi connectivity index (χ3n) is 4.08. The molecular weight excluding hydrogens is 184 g/mol. The van der Waals surface area contributed by atoms with Crippen LogP contribution in [-0.4, -0.2) is 30.1 Å². The van der Waals surface area contributed by atoms with Gasteiger partial charge < -0.3 is 10.6 Å². The van der Waals surface area contributed by atoms with Gasteiger partial charge in [-0.1, -0.05) is 26.7 Å². The van der Waals surface area contributed by atoms with Gasteiger partial charge in [0, 0.05) is 25.2 Å². The summed E-state index contributed by atoms with van der Waals surface area (Å²) in [4.78, 5) is 2.62. The van der Waals surface area contributed by atoms with Gasteiger partial charge in [-0.3, -0.25) is 0 Å². The van der Waals surface area contributed by atoms with Gasteiger partial charge in [0.2, 0.25) is 0 Å². The molecule has 0 spiro atoms. The second-order valence-corrected chi connectivity index (χ2v) is 6.21. The summed E-state index contributed by atoms with van der Waals surface area (Å²) < 4.78 is 0. The highest BCUT2D eigenvalue weighted by molar-refractivity contribution is 4.93. The molecule has 0 radical (unpaired) electrons. The Morgan fingerprint density at radius 3 is 2.20 bits per heavy atom. The van der Waals surface area contributed by atoms with E-state index in [-0.39, 0.29) is 5.54 Å². The highest BCUT2D eigenvalue weighted by Gasteiger charge is 2.33. The Morgan fingerprint density at radius 2 is 1.67 bits per heavy atom. The highest BCUT2D eigenvalue weighted by atomic mass is 15.2. The molecule has 1 saturated heterocycles. The first-order valence-electron chi connectivity index (χ1n) is 6.59. The molecule has 2 unspecified atom stereocenters. The summed E-state index contributed by atoms with van der Waals surface area (Å²) in [7, 11) is 0. The van der Waals surface area contributed by atoms with E-state index in [9.17, 15) is 0 Å². The summed E-state index contributed by atoms with van der Waals surface area (Å²) >= 11 is 0. The van der Waals surface area contributed by atoms with Crippen LogP contribution in [0.1, 0.15) is 46.0 Å². The maximum atomic E-state index is 6.44. The molecule has 1 aliphatic heterocycles. The summed E-state index contributed by atoms with van der Waals surface area (Å²) in [6.45, 7) is 8.43. The summed E-state index contributed by atoms with van der Waals surface area (Å²) in [5.41, 5.74) is 6.59. The molecule has 1 heterocycles. The number of nitrogens with two attached hydrogens (primary N) is 1. The first kappa shape index (κ1) is 11.4. The number of likely N-dealkylation sites (tertiary alicyclic amines) is 1. The Bertz CT molecular complexity index is 199. The van der Waals surface area contributed by atoms with Gasteiger partial charge in [-0.15, -0.1) is 0 Å². The maximum Gasteiger partial charge on any atom is 0.0283 e. The Hall–Kier alpha value is -0.0800. The van der Waals surface area contributed by atoms with E-state index < -0.39 is 0 Å². The average molecular weight is 210 g/mol. The van der Waals surface area contributed by atoms with E-state index in [0.717, 1.165) is 18.4 Å². The van der Waals surface area contributed by atoms with E-state index in [1.807, 2.05) is 0 Å². The molecule has 0 aromatic heterocycles. The van der Waals surface area contributed by atoms with Crippen molar-refractivity contribution < 1.29 is 0 Å². The number of hydrogen-bond donors (Lipinski definition) is 1. The van der Waals surface area contributed by atoms with Crippen molar-refractivity contribution in [3.8, 4) is 0 Å². The molecule has 88 valence electrons. The molecule has 1 aliphatic carbocycles. The summed E-state index contributed by atoms with van der Waals surface area (Å²) in [6, 6.07) is 0. The summed E-state index contributed by atoms with van der Waals surface area (Å²) in [5.74, 6) is 1.72. The lowest BCUT2D eigenvalue weighted by Gasteiger charge is -2.39. The Kier molecular flexibility index (Phi) is 3.36. The van der Waals surface area contributed by atoms with Gasteiger partial charge >= 0.3 is 0 Å². The lowest BCUT2D eigenvalue weighted by Crippen LogP contribution is -2.51. The normalized spacial score (nSPS) is 37.0. The minimum atomic E-state index is 0.150. The molecule has 0 bridgehead atoms. The SMILES string of the molecule is CC1CC(C)CN(CC2(N)CCCC2)C1. The second-order valence-electron chi connectivity index (χ2n) is 6.21. The van der Waals surface area contributed by atoms with Gasteiger partial charge in [0.05, 0.1) is 0 Å². The molecule has 0 aromatic rings. The molecule has 15 heavy (non-hydrogen) atoms. The zero-order chi connectivity index (χ0) is 10.9. The fraction of sp³-hybridized carbons (Fsp3) is 1.00. The van der Waals surface area contributed by atoms with Gasteiger partial charge in [0.15, 0.2) is 0 Å². The van der Waals surface area contributed by atoms with E-state index in [2.05, 4.69) is 18.7 Å². The van der Waals surface area contributed by atoms with Crippen LogP contribution in [0.4, 0.5) is 0 Å². The average Bonchev–Trinajstić information content (AvgIpc) is 2.49. The largest absolute Gasteiger partial charge is 0.324 e. The van der Waals surface area contributed by atoms with Crippen LogP contribution in [0.3, 0.4) is 0 Å². The summed E-state index contributed by atoms with van der Waals surface area (Å²) in [5, 5.41) is 0. The first-order chi connectivity index (χ1) is 7.07. The first-order valence-corrected chi connectivity index (χ1v) is 6.59. The molecule has 2 rings (SSSR count). The van der Waals surface area contributed by atoms with Crippen LogP contribution in [0.25, 0.3) is 0 Å². The van der Waals surface area contributed by atoms with Gasteiger partial charge in [-0.25, -0.2) is 0 Å². The molecule has 0 aromatic carbocycles. The molecule has 2 N–H and O–H groups in total. The number of nitrogens with zero attached hydrogens (tertiary/aromatic N) is 1. The smallest absolute Gasteiger partial charge is 0.0283 e. The Balaban J connectivity index is 1.87. The van der Waals surface area contributed by atoms with Crippen LogP contribution >= 0.6 is 0 Å². The van der Waals surface area contributed by atoms with E-state index in [4.69, 9.17) is 5.73 Å². The van der Waals surface area contributed by atoms with Crippen molar-refractivity contribution in [3.63, 3.8) is 0 Å². The lowest BCUT2D eigenvalue weighted by atomic mass is 9.89. The van der Waals surface area contributed by atoms with Crippen molar-refractivity contribution >= 4 is 0 Å². The molecule has 2 atom stereocenters. The number of piperidine rings is 1. The van der Waals surface area contributed by atoms with E-state index in [1.54, 1.807) is 0 Å². The second kappa shape index (κ2) is 4.42. The predicted octanol–water partition coefficient (Wildman–Crippen LogP) is 2.24. The zero-order valence-electron chi connectivity index (χ0n) is 10.3. The van der Waals surface area contributed by atoms with Gasteiger partial charge in [0.1, 0.15) is 0 Å². The Labute approximate surface area is 94.2 Å². The van der Waals surface area contributed by atoms with Crippen molar-refractivity contribution in [1.29, 1.82) is 0 Å². The van der Waals surface area contributed by atoms with Crippen LogP contribution in [0.2, 0.25) is 0 Å². The van der Waals surface area contributed by atoms with Crippen molar-refractivity contribution in [2.75, 3.05) is 19.6 Å². The van der Waals surface area contributed by atoms with Crippen molar-refractivity contribution in [2.45, 2.75) is 51.5 Å². The van der Waals surface area contributed by atoms with Crippen molar-refractivity contribution in [2.24, 2.45) is 17.6 Å². The van der Waals surface area contributed by atoms with Crippen LogP contribution in [0.15, 0.2) is 0 Å². The minimum Gasteiger partial charge on any atom is -0.324 e. The third-order valence-corrected chi connectivity index (χ3v) is 4.08. The van der Waals surface area contributed by atoms with Crippen LogP contribution in [0.5, 0.6) is 0 Å². The van der Waals surface area contributed by atoms with E-state index in [1.165, 1.54) is 45.2 Å². The number of hydrogen-bond acceptors (Lipinski definition) is 2. The highest BCUT2D eigenvalue weighted by Crippen LogP contribution is 2.30. The van der Waals surface area contributed by atoms with E-state index in [0.29, 0.717) is 0 Å². The van der Waals surface area contributed by atoms with Gasteiger partial charge in [-0.05, 0) is 31.1 Å². The maximum absolute atomic E-state index is 6.44. The van der Waals surface area contributed by atoms with Gasteiger partial charge in [-0.2, -0.15) is 0 Å². The van der Waals surface area contributed by atoms with Crippen molar-refractivity contribution in [3.05, 3.63) is 0 Å². The Morgan fingerprint density at radius 1 is 1.13 bits per heavy atom. The summed E-state index contributed by atoms with van der Waals surface area (Å²) in [6.07, 6.45) is 6.57. The van der Waals surface area contributed by atoms with Crippen LogP contribution < -0.4 is 5.73 Å². The third kappa shape index (κ3) is 2.94. The monoisotopic (exact) mass is 210 g/mol. The predicted molar refractivity (Wildman–Crippen MR) is 64.8 cm³/mol. The van der Waals surface area contributed by atoms with Gasteiger partial charge in [0.25, 0.3) is 0 Å². The molecule has 2 nitrogen and oxygen atoms in total. The molecule has 2 heteroatoms. The van der Waals surface area contributed by atoms with Crippen molar-refractivity contribution in [1.82, 2.24) is 4.90 Å². The standard InChI is InChI=1S/C13H26N2/c1-11-7-12(2)9-15(8-11)10-13(14)5-3-4-6-13/h11-12H,3-10,14H2,1-2H3. The topological polar surface area (TPSA) is 29.3 Å². The molecule has 1 saturated carbocycles. The zero-order valence-corrected chi connectivity index (χ0v) is 10.3. The van der Waals surface area contributed by atoms with E-state index >= 15 is 0 Å². The lowest BCUT2D eigenvalue weighted by molar-refractivity contribution is 0.113. The molecule has 2 aliphatic rings. The van der Waals surface area contributed by atoms with Crippen LogP contribution in [0, 0.1) is 11.8 Å². The quantitative estimate of drug-likeness (QED) is 0.757. The van der Waals surface area contributed by atoms with Crippen LogP contribution in [-0.2, 0) is 0 Å². The molecular formula is C13H26N2. The molecule has 0 amide bonds. The fourth-order valence-electron chi connectivity index (χ4n) is 3.60.